The topological polar surface area (TPSA) is 72.5 Å². The van der Waals surface area contributed by atoms with E-state index in [1.165, 1.54) is 0 Å². The quantitative estimate of drug-likeness (QED) is 0.829. The van der Waals surface area contributed by atoms with Crippen LogP contribution in [0, 0.1) is 0 Å². The van der Waals surface area contributed by atoms with Gasteiger partial charge in [-0.15, -0.1) is 11.8 Å². The van der Waals surface area contributed by atoms with Crippen LogP contribution in [0.3, 0.4) is 0 Å². The van der Waals surface area contributed by atoms with Crippen LogP contribution in [0.15, 0.2) is 29.2 Å². The fourth-order valence-electron chi connectivity index (χ4n) is 2.14. The molecule has 0 unspecified atom stereocenters. The number of hydrogen-bond acceptors (Lipinski definition) is 5. The maximum atomic E-state index is 12.0. The molecule has 0 aromatic heterocycles. The van der Waals surface area contributed by atoms with E-state index in [-0.39, 0.29) is 23.5 Å². The van der Waals surface area contributed by atoms with Gasteiger partial charge < -0.3 is 10.1 Å². The van der Waals surface area contributed by atoms with Crippen molar-refractivity contribution < 1.29 is 17.9 Å². The average Bonchev–Trinajstić information content (AvgIpc) is 2.78. The summed E-state index contributed by atoms with van der Waals surface area (Å²) in [7, 11) is -2.99. The SMILES string of the molecule is CSc1ccc(O[C@@H](C)C(=O)N[C@@H]2CCS(=O)(=O)C2)cc1. The van der Waals surface area contributed by atoms with E-state index in [2.05, 4.69) is 5.32 Å². The normalized spacial score (nSPS) is 21.7. The lowest BCUT2D eigenvalue weighted by Crippen LogP contribution is -2.43. The van der Waals surface area contributed by atoms with Crippen LogP contribution >= 0.6 is 11.8 Å². The molecule has 7 heteroatoms. The molecule has 1 aliphatic rings. The van der Waals surface area contributed by atoms with Crippen LogP contribution in [0.1, 0.15) is 13.3 Å². The summed E-state index contributed by atoms with van der Waals surface area (Å²) in [5.41, 5.74) is 0. The Bertz CT molecular complexity index is 598. The highest BCUT2D eigenvalue weighted by Crippen LogP contribution is 2.20. The second-order valence-electron chi connectivity index (χ2n) is 5.04. The van der Waals surface area contributed by atoms with Crippen molar-refractivity contribution in [2.24, 2.45) is 0 Å². The number of amides is 1. The van der Waals surface area contributed by atoms with Crippen molar-refractivity contribution in [2.45, 2.75) is 30.4 Å². The Kier molecular flexibility index (Phi) is 5.16. The molecule has 1 aromatic carbocycles. The second-order valence-corrected chi connectivity index (χ2v) is 8.15. The van der Waals surface area contributed by atoms with E-state index in [4.69, 9.17) is 4.74 Å². The van der Waals surface area contributed by atoms with Gasteiger partial charge in [0, 0.05) is 10.9 Å². The number of rotatable bonds is 5. The standard InChI is InChI=1S/C14H19NO4S2/c1-10(19-12-3-5-13(20-2)6-4-12)14(16)15-11-7-8-21(17,18)9-11/h3-6,10-11H,7-9H2,1-2H3,(H,15,16)/t10-,11+/m0/s1. The van der Waals surface area contributed by atoms with Crippen molar-refractivity contribution in [3.8, 4) is 5.75 Å². The maximum Gasteiger partial charge on any atom is 0.261 e. The Morgan fingerprint density at radius 2 is 2.05 bits per heavy atom. The zero-order valence-corrected chi connectivity index (χ0v) is 13.7. The molecule has 0 aliphatic carbocycles. The third kappa shape index (κ3) is 4.64. The van der Waals surface area contributed by atoms with Gasteiger partial charge in [0.1, 0.15) is 5.75 Å². The van der Waals surface area contributed by atoms with E-state index in [1.54, 1.807) is 18.7 Å². The minimum Gasteiger partial charge on any atom is -0.481 e. The molecule has 5 nitrogen and oxygen atoms in total. The Morgan fingerprint density at radius 3 is 2.57 bits per heavy atom. The average molecular weight is 329 g/mol. The molecule has 0 saturated carbocycles. The van der Waals surface area contributed by atoms with E-state index >= 15 is 0 Å². The molecular weight excluding hydrogens is 310 g/mol. The van der Waals surface area contributed by atoms with Crippen molar-refractivity contribution in [1.29, 1.82) is 0 Å². The Hall–Kier alpha value is -1.21. The molecule has 116 valence electrons. The van der Waals surface area contributed by atoms with Gasteiger partial charge in [-0.2, -0.15) is 0 Å². The molecular formula is C14H19NO4S2. The van der Waals surface area contributed by atoms with Crippen molar-refractivity contribution in [3.05, 3.63) is 24.3 Å². The molecule has 1 N–H and O–H groups in total. The minimum absolute atomic E-state index is 0.0217. The molecule has 0 spiro atoms. The predicted octanol–water partition coefficient (Wildman–Crippen LogP) is 1.48. The summed E-state index contributed by atoms with van der Waals surface area (Å²) in [6, 6.07) is 7.18. The van der Waals surface area contributed by atoms with E-state index in [1.807, 2.05) is 30.5 Å². The van der Waals surface area contributed by atoms with Crippen LogP contribution in [0.5, 0.6) is 5.75 Å². The summed E-state index contributed by atoms with van der Waals surface area (Å²) >= 11 is 1.63. The van der Waals surface area contributed by atoms with Crippen LogP contribution in [-0.4, -0.2) is 44.2 Å². The molecule has 21 heavy (non-hydrogen) atoms. The number of nitrogens with one attached hydrogen (secondary N) is 1. The number of ether oxygens (including phenoxy) is 1. The zero-order chi connectivity index (χ0) is 15.5. The highest BCUT2D eigenvalue weighted by molar-refractivity contribution is 7.98. The fourth-order valence-corrected chi connectivity index (χ4v) is 4.22. The fraction of sp³-hybridized carbons (Fsp3) is 0.500. The van der Waals surface area contributed by atoms with Crippen LogP contribution in [0.2, 0.25) is 0 Å². The first-order valence-electron chi connectivity index (χ1n) is 6.71. The lowest BCUT2D eigenvalue weighted by atomic mass is 10.2. The molecule has 1 fully saturated rings. The molecule has 1 aliphatic heterocycles. The van der Waals surface area contributed by atoms with E-state index in [9.17, 15) is 13.2 Å². The van der Waals surface area contributed by atoms with E-state index < -0.39 is 15.9 Å². The maximum absolute atomic E-state index is 12.0. The first kappa shape index (κ1) is 16.2. The number of carbonyl (C=O) groups is 1. The molecule has 1 aromatic rings. The second kappa shape index (κ2) is 6.70. The predicted molar refractivity (Wildman–Crippen MR) is 83.5 cm³/mol. The smallest absolute Gasteiger partial charge is 0.261 e. The van der Waals surface area contributed by atoms with Gasteiger partial charge in [-0.05, 0) is 43.9 Å². The highest BCUT2D eigenvalue weighted by atomic mass is 32.2. The van der Waals surface area contributed by atoms with Gasteiger partial charge in [0.25, 0.3) is 5.91 Å². The summed E-state index contributed by atoms with van der Waals surface area (Å²) in [5.74, 6) is 0.498. The number of thioether (sulfide) groups is 1. The van der Waals surface area contributed by atoms with Gasteiger partial charge >= 0.3 is 0 Å². The van der Waals surface area contributed by atoms with E-state index in [0.29, 0.717) is 12.2 Å². The van der Waals surface area contributed by atoms with E-state index in [0.717, 1.165) is 4.90 Å². The Labute approximate surface area is 129 Å². The number of carbonyl (C=O) groups excluding carboxylic acids is 1. The van der Waals surface area contributed by atoms with Crippen LogP contribution in [0.25, 0.3) is 0 Å². The van der Waals surface area contributed by atoms with Gasteiger partial charge in [0.15, 0.2) is 15.9 Å². The van der Waals surface area contributed by atoms with Crippen LogP contribution in [0.4, 0.5) is 0 Å². The summed E-state index contributed by atoms with van der Waals surface area (Å²) < 4.78 is 28.3. The molecule has 2 atom stereocenters. The number of hydrogen-bond donors (Lipinski definition) is 1. The molecule has 1 saturated heterocycles. The largest absolute Gasteiger partial charge is 0.481 e. The molecule has 1 heterocycles. The third-order valence-corrected chi connectivity index (χ3v) is 5.83. The monoisotopic (exact) mass is 329 g/mol. The Balaban J connectivity index is 1.87. The number of sulfone groups is 1. The van der Waals surface area contributed by atoms with Crippen LogP contribution < -0.4 is 10.1 Å². The first-order chi connectivity index (χ1) is 9.89. The Morgan fingerprint density at radius 1 is 1.38 bits per heavy atom. The molecule has 1 amide bonds. The lowest BCUT2D eigenvalue weighted by molar-refractivity contribution is -0.127. The summed E-state index contributed by atoms with van der Waals surface area (Å²) in [6.45, 7) is 1.65. The van der Waals surface area contributed by atoms with Crippen molar-refractivity contribution >= 4 is 27.5 Å². The van der Waals surface area contributed by atoms with Crippen molar-refractivity contribution in [1.82, 2.24) is 5.32 Å². The minimum atomic E-state index is -2.99. The summed E-state index contributed by atoms with van der Waals surface area (Å²) in [6.07, 6.45) is 1.80. The molecule has 0 bridgehead atoms. The van der Waals surface area contributed by atoms with Crippen molar-refractivity contribution in [2.75, 3.05) is 17.8 Å². The summed E-state index contributed by atoms with van der Waals surface area (Å²) in [4.78, 5) is 13.1. The summed E-state index contributed by atoms with van der Waals surface area (Å²) in [5, 5.41) is 2.73. The molecule has 0 radical (unpaired) electrons. The molecule has 2 rings (SSSR count). The third-order valence-electron chi connectivity index (χ3n) is 3.32. The van der Waals surface area contributed by atoms with Gasteiger partial charge in [-0.1, -0.05) is 0 Å². The zero-order valence-electron chi connectivity index (χ0n) is 12.0. The van der Waals surface area contributed by atoms with Crippen LogP contribution in [-0.2, 0) is 14.6 Å². The van der Waals surface area contributed by atoms with Crippen molar-refractivity contribution in [3.63, 3.8) is 0 Å². The first-order valence-corrected chi connectivity index (χ1v) is 9.76. The number of benzene rings is 1. The van der Waals surface area contributed by atoms with Gasteiger partial charge in [-0.25, -0.2) is 8.42 Å². The van der Waals surface area contributed by atoms with Gasteiger partial charge in [0.05, 0.1) is 11.5 Å². The highest BCUT2D eigenvalue weighted by Gasteiger charge is 2.30. The van der Waals surface area contributed by atoms with Gasteiger partial charge in [-0.3, -0.25) is 4.79 Å². The lowest BCUT2D eigenvalue weighted by Gasteiger charge is -2.17. The van der Waals surface area contributed by atoms with Gasteiger partial charge in [0.2, 0.25) is 0 Å².